The van der Waals surface area contributed by atoms with Crippen LogP contribution < -0.4 is 4.74 Å². The average Bonchev–Trinajstić information content (AvgIpc) is 2.66. The Morgan fingerprint density at radius 2 is 2.12 bits per heavy atom. The lowest BCUT2D eigenvalue weighted by atomic mass is 9.97. The van der Waals surface area contributed by atoms with Crippen molar-refractivity contribution >= 4 is 22.8 Å². The molecule has 0 bridgehead atoms. The Morgan fingerprint density at radius 1 is 1.31 bits per heavy atom. The fourth-order valence-electron chi connectivity index (χ4n) is 3.37. The molecule has 0 aliphatic carbocycles. The molecule has 1 aliphatic heterocycles. The van der Waals surface area contributed by atoms with Crippen molar-refractivity contribution in [3.63, 3.8) is 0 Å². The zero-order valence-electron chi connectivity index (χ0n) is 15.4. The maximum Gasteiger partial charge on any atom is 0.310 e. The highest BCUT2D eigenvalue weighted by Gasteiger charge is 2.30. The number of hydrogen-bond donors (Lipinski definition) is 0. The van der Waals surface area contributed by atoms with Gasteiger partial charge in [0.25, 0.3) is 5.91 Å². The quantitative estimate of drug-likeness (QED) is 0.788. The van der Waals surface area contributed by atoms with Gasteiger partial charge in [0.05, 0.1) is 36.4 Å². The van der Waals surface area contributed by atoms with Crippen LogP contribution in [0.2, 0.25) is 0 Å². The van der Waals surface area contributed by atoms with Crippen molar-refractivity contribution in [1.82, 2.24) is 9.88 Å². The number of piperidine rings is 1. The molecule has 26 heavy (non-hydrogen) atoms. The highest BCUT2D eigenvalue weighted by molar-refractivity contribution is 5.99. The number of esters is 1. The molecule has 1 aromatic carbocycles. The van der Waals surface area contributed by atoms with Gasteiger partial charge in [-0.2, -0.15) is 0 Å². The fraction of sp³-hybridized carbons (Fsp3) is 0.450. The number of likely N-dealkylation sites (tertiary alicyclic amines) is 1. The minimum atomic E-state index is -0.245. The third-order valence-electron chi connectivity index (χ3n) is 4.77. The molecule has 2 heterocycles. The monoisotopic (exact) mass is 356 g/mol. The molecule has 0 spiro atoms. The van der Waals surface area contributed by atoms with Crippen molar-refractivity contribution in [3.8, 4) is 5.75 Å². The second kappa shape index (κ2) is 7.72. The number of aryl methyl sites for hydroxylation is 1. The van der Waals surface area contributed by atoms with Crippen LogP contribution in [0.5, 0.6) is 5.75 Å². The molecule has 1 saturated heterocycles. The molecule has 1 aromatic heterocycles. The number of ether oxygens (including phenoxy) is 2. The van der Waals surface area contributed by atoms with Crippen LogP contribution in [0.25, 0.3) is 10.9 Å². The summed E-state index contributed by atoms with van der Waals surface area (Å²) in [6, 6.07) is 7.47. The van der Waals surface area contributed by atoms with Crippen LogP contribution in [-0.2, 0) is 9.53 Å². The van der Waals surface area contributed by atoms with Crippen LogP contribution in [-0.4, -0.2) is 48.6 Å². The maximum atomic E-state index is 13.0. The van der Waals surface area contributed by atoms with Crippen molar-refractivity contribution in [2.75, 3.05) is 26.8 Å². The molecule has 1 aliphatic rings. The molecule has 1 amide bonds. The van der Waals surface area contributed by atoms with E-state index in [1.54, 1.807) is 18.9 Å². The Morgan fingerprint density at radius 3 is 2.85 bits per heavy atom. The number of carbonyl (C=O) groups excluding carboxylic acids is 2. The first-order valence-electron chi connectivity index (χ1n) is 8.94. The Bertz CT molecular complexity index is 834. The van der Waals surface area contributed by atoms with Gasteiger partial charge in [0, 0.05) is 24.5 Å². The minimum absolute atomic E-state index is 0.0817. The van der Waals surface area contributed by atoms with Gasteiger partial charge < -0.3 is 14.4 Å². The Kier molecular flexibility index (Phi) is 5.40. The number of nitrogens with zero attached hydrogens (tertiary/aromatic N) is 2. The van der Waals surface area contributed by atoms with Crippen LogP contribution in [0.3, 0.4) is 0 Å². The Balaban J connectivity index is 1.84. The summed E-state index contributed by atoms with van der Waals surface area (Å²) in [4.78, 5) is 31.3. The van der Waals surface area contributed by atoms with E-state index in [1.807, 2.05) is 31.2 Å². The molecule has 3 rings (SSSR count). The first kappa shape index (κ1) is 18.2. The van der Waals surface area contributed by atoms with Gasteiger partial charge in [-0.05, 0) is 44.9 Å². The van der Waals surface area contributed by atoms with E-state index in [0.29, 0.717) is 31.0 Å². The Hall–Kier alpha value is -2.63. The van der Waals surface area contributed by atoms with Gasteiger partial charge in [0.1, 0.15) is 5.75 Å². The predicted molar refractivity (Wildman–Crippen MR) is 98.3 cm³/mol. The summed E-state index contributed by atoms with van der Waals surface area (Å²) in [5, 5.41) is 0.888. The molecule has 1 unspecified atom stereocenters. The molecule has 0 radical (unpaired) electrons. The second-order valence-corrected chi connectivity index (χ2v) is 6.52. The second-order valence-electron chi connectivity index (χ2n) is 6.52. The minimum Gasteiger partial charge on any atom is -0.497 e. The summed E-state index contributed by atoms with van der Waals surface area (Å²) in [5.41, 5.74) is 2.04. The highest BCUT2D eigenvalue weighted by atomic mass is 16.5. The van der Waals surface area contributed by atoms with E-state index in [-0.39, 0.29) is 17.8 Å². The number of pyridine rings is 1. The lowest BCUT2D eigenvalue weighted by molar-refractivity contribution is -0.149. The molecule has 6 nitrogen and oxygen atoms in total. The van der Waals surface area contributed by atoms with E-state index in [0.717, 1.165) is 29.5 Å². The van der Waals surface area contributed by atoms with Crippen LogP contribution in [0.1, 0.15) is 35.8 Å². The maximum absolute atomic E-state index is 13.0. The first-order chi connectivity index (χ1) is 12.5. The molecule has 1 fully saturated rings. The summed E-state index contributed by atoms with van der Waals surface area (Å²) in [7, 11) is 1.61. The normalized spacial score (nSPS) is 17.2. The summed E-state index contributed by atoms with van der Waals surface area (Å²) in [6.45, 7) is 5.04. The number of benzene rings is 1. The number of methoxy groups -OCH3 is 1. The van der Waals surface area contributed by atoms with E-state index < -0.39 is 0 Å². The summed E-state index contributed by atoms with van der Waals surface area (Å²) in [6.07, 6.45) is 1.56. The molecule has 6 heteroatoms. The van der Waals surface area contributed by atoms with Gasteiger partial charge in [0.15, 0.2) is 0 Å². The molecule has 0 saturated carbocycles. The topological polar surface area (TPSA) is 68.7 Å². The number of carbonyl (C=O) groups is 2. The molecule has 138 valence electrons. The number of amides is 1. The molecule has 0 N–H and O–H groups in total. The van der Waals surface area contributed by atoms with Crippen LogP contribution in [0.4, 0.5) is 0 Å². The fourth-order valence-corrected chi connectivity index (χ4v) is 3.37. The zero-order valence-corrected chi connectivity index (χ0v) is 15.4. The average molecular weight is 356 g/mol. The van der Waals surface area contributed by atoms with Gasteiger partial charge in [-0.1, -0.05) is 0 Å². The van der Waals surface area contributed by atoms with Gasteiger partial charge in [0.2, 0.25) is 0 Å². The van der Waals surface area contributed by atoms with E-state index in [9.17, 15) is 9.59 Å². The number of rotatable bonds is 4. The summed E-state index contributed by atoms with van der Waals surface area (Å²) >= 11 is 0. The SMILES string of the molecule is CCOC(=O)C1CCCN(C(=O)c2cc3ccc(OC)cc3nc2C)C1. The van der Waals surface area contributed by atoms with Crippen LogP contribution in [0, 0.1) is 12.8 Å². The van der Waals surface area contributed by atoms with Crippen LogP contribution in [0.15, 0.2) is 24.3 Å². The van der Waals surface area contributed by atoms with Crippen molar-refractivity contribution in [2.45, 2.75) is 26.7 Å². The van der Waals surface area contributed by atoms with Crippen molar-refractivity contribution < 1.29 is 19.1 Å². The van der Waals surface area contributed by atoms with E-state index in [4.69, 9.17) is 9.47 Å². The first-order valence-corrected chi connectivity index (χ1v) is 8.94. The molecular weight excluding hydrogens is 332 g/mol. The zero-order chi connectivity index (χ0) is 18.7. The number of hydrogen-bond acceptors (Lipinski definition) is 5. The van der Waals surface area contributed by atoms with Gasteiger partial charge in [-0.15, -0.1) is 0 Å². The van der Waals surface area contributed by atoms with E-state index in [1.165, 1.54) is 0 Å². The van der Waals surface area contributed by atoms with Crippen molar-refractivity contribution in [3.05, 3.63) is 35.5 Å². The van der Waals surface area contributed by atoms with E-state index >= 15 is 0 Å². The highest BCUT2D eigenvalue weighted by Crippen LogP contribution is 2.25. The van der Waals surface area contributed by atoms with Gasteiger partial charge in [-0.25, -0.2) is 0 Å². The number of fused-ring (bicyclic) bond motifs is 1. The third-order valence-corrected chi connectivity index (χ3v) is 4.77. The Labute approximate surface area is 153 Å². The van der Waals surface area contributed by atoms with Gasteiger partial charge in [-0.3, -0.25) is 14.6 Å². The summed E-state index contributed by atoms with van der Waals surface area (Å²) in [5.74, 6) is 0.189. The van der Waals surface area contributed by atoms with E-state index in [2.05, 4.69) is 4.98 Å². The number of aromatic nitrogens is 1. The molecule has 1 atom stereocenters. The smallest absolute Gasteiger partial charge is 0.310 e. The van der Waals surface area contributed by atoms with Gasteiger partial charge >= 0.3 is 5.97 Å². The molecular formula is C20H24N2O4. The summed E-state index contributed by atoms with van der Waals surface area (Å²) < 4.78 is 10.3. The van der Waals surface area contributed by atoms with Crippen molar-refractivity contribution in [2.24, 2.45) is 5.92 Å². The van der Waals surface area contributed by atoms with Crippen molar-refractivity contribution in [1.29, 1.82) is 0 Å². The van der Waals surface area contributed by atoms with Crippen LogP contribution >= 0.6 is 0 Å². The standard InChI is InChI=1S/C20H24N2O4/c1-4-26-20(24)15-6-5-9-22(12-15)19(23)17-10-14-7-8-16(25-3)11-18(14)21-13(17)2/h7-8,10-11,15H,4-6,9,12H2,1-3H3. The largest absolute Gasteiger partial charge is 0.497 e. The molecule has 2 aromatic rings. The predicted octanol–water partition coefficient (Wildman–Crippen LogP) is 2.97. The third kappa shape index (κ3) is 3.64. The lowest BCUT2D eigenvalue weighted by Gasteiger charge is -2.31. The lowest BCUT2D eigenvalue weighted by Crippen LogP contribution is -2.43.